The monoisotopic (exact) mass is 294 g/mol. The number of halogens is 1. The van der Waals surface area contributed by atoms with Crippen LogP contribution < -0.4 is 0 Å². The number of hydrogen-bond acceptors (Lipinski definition) is 1. The number of benzene rings is 1. The minimum Gasteiger partial charge on any atom is -0.481 e. The van der Waals surface area contributed by atoms with E-state index in [-0.39, 0.29) is 29.5 Å². The van der Waals surface area contributed by atoms with E-state index < -0.39 is 5.97 Å². The molecule has 1 N–H and O–H groups in total. The first-order valence-corrected chi connectivity index (χ1v) is 7.57. The average molecular weight is 294 g/mol. The molecule has 0 aliphatic carbocycles. The molecule has 2 nitrogen and oxygen atoms in total. The molecule has 1 aromatic rings. The summed E-state index contributed by atoms with van der Waals surface area (Å²) >= 11 is 0. The third kappa shape index (κ3) is 4.83. The zero-order valence-corrected chi connectivity index (χ0v) is 14.0. The third-order valence-electron chi connectivity index (χ3n) is 3.75. The maximum atomic E-state index is 14.5. The average Bonchev–Trinajstić information content (AvgIpc) is 2.28. The maximum absolute atomic E-state index is 14.5. The molecule has 21 heavy (non-hydrogen) atoms. The van der Waals surface area contributed by atoms with Crippen molar-refractivity contribution in [1.29, 1.82) is 0 Å². The highest BCUT2D eigenvalue weighted by Crippen LogP contribution is 2.32. The lowest BCUT2D eigenvalue weighted by molar-refractivity contribution is -0.139. The summed E-state index contributed by atoms with van der Waals surface area (Å²) in [4.78, 5) is 10.9. The summed E-state index contributed by atoms with van der Waals surface area (Å²) in [7, 11) is 0. The molecule has 0 heterocycles. The van der Waals surface area contributed by atoms with Crippen LogP contribution in [-0.4, -0.2) is 11.1 Å². The minimum absolute atomic E-state index is 0.110. The van der Waals surface area contributed by atoms with E-state index in [1.54, 1.807) is 0 Å². The summed E-state index contributed by atoms with van der Waals surface area (Å²) in [6, 6.07) is 3.80. The Bertz CT molecular complexity index is 487. The molecule has 0 aliphatic heterocycles. The first kappa shape index (κ1) is 17.7. The number of carbonyl (C=O) groups is 1. The summed E-state index contributed by atoms with van der Waals surface area (Å²) in [5.74, 6) is -0.676. The Morgan fingerprint density at radius 1 is 1.14 bits per heavy atom. The molecule has 3 heteroatoms. The topological polar surface area (TPSA) is 37.3 Å². The Balaban J connectivity index is 3.22. The van der Waals surface area contributed by atoms with Crippen LogP contribution in [0.2, 0.25) is 0 Å². The molecule has 0 bridgehead atoms. The van der Waals surface area contributed by atoms with Crippen molar-refractivity contribution in [3.63, 3.8) is 0 Å². The summed E-state index contributed by atoms with van der Waals surface area (Å²) < 4.78 is 14.5. The number of aliphatic carboxylic acids is 1. The van der Waals surface area contributed by atoms with Gasteiger partial charge in [-0.15, -0.1) is 0 Å². The molecule has 0 saturated heterocycles. The van der Waals surface area contributed by atoms with Crippen LogP contribution in [0.1, 0.15) is 76.5 Å². The molecular formula is C18H27FO2. The van der Waals surface area contributed by atoms with E-state index in [4.69, 9.17) is 5.11 Å². The van der Waals surface area contributed by atoms with Crippen molar-refractivity contribution >= 4 is 5.97 Å². The molecule has 0 radical (unpaired) electrons. The fourth-order valence-corrected chi connectivity index (χ4v) is 2.70. The van der Waals surface area contributed by atoms with Crippen molar-refractivity contribution in [1.82, 2.24) is 0 Å². The van der Waals surface area contributed by atoms with Crippen molar-refractivity contribution in [2.75, 3.05) is 0 Å². The molecule has 118 valence electrons. The largest absolute Gasteiger partial charge is 0.481 e. The summed E-state index contributed by atoms with van der Waals surface area (Å²) in [6.45, 7) is 11.8. The summed E-state index contributed by atoms with van der Waals surface area (Å²) in [6.07, 6.45) is 0.747. The first-order chi connectivity index (χ1) is 9.53. The number of carboxylic acid groups (broad SMARTS) is 1. The summed E-state index contributed by atoms with van der Waals surface area (Å²) in [5.41, 5.74) is 2.13. The molecule has 1 aromatic carbocycles. The number of rotatable bonds is 6. The molecule has 0 atom stereocenters. The van der Waals surface area contributed by atoms with Crippen molar-refractivity contribution in [3.05, 3.63) is 34.6 Å². The summed E-state index contributed by atoms with van der Waals surface area (Å²) in [5, 5.41) is 9.00. The van der Waals surface area contributed by atoms with E-state index in [2.05, 4.69) is 0 Å². The van der Waals surface area contributed by atoms with Crippen LogP contribution in [0, 0.1) is 11.2 Å². The Morgan fingerprint density at radius 2 is 1.57 bits per heavy atom. The first-order valence-electron chi connectivity index (χ1n) is 7.57. The van der Waals surface area contributed by atoms with E-state index in [0.29, 0.717) is 6.42 Å². The van der Waals surface area contributed by atoms with Gasteiger partial charge in [0.2, 0.25) is 0 Å². The fraction of sp³-hybridized carbons (Fsp3) is 0.611. The van der Waals surface area contributed by atoms with Crippen LogP contribution >= 0.6 is 0 Å². The lowest BCUT2D eigenvalue weighted by atomic mass is 9.80. The van der Waals surface area contributed by atoms with Gasteiger partial charge in [0.15, 0.2) is 0 Å². The van der Waals surface area contributed by atoms with Crippen LogP contribution in [0.5, 0.6) is 0 Å². The maximum Gasteiger partial charge on any atom is 0.303 e. The fourth-order valence-electron chi connectivity index (χ4n) is 2.70. The van der Waals surface area contributed by atoms with Crippen LogP contribution in [0.15, 0.2) is 12.1 Å². The number of hydrogen-bond donors (Lipinski definition) is 1. The zero-order valence-electron chi connectivity index (χ0n) is 14.0. The van der Waals surface area contributed by atoms with E-state index >= 15 is 0 Å². The highest BCUT2D eigenvalue weighted by atomic mass is 19.1. The van der Waals surface area contributed by atoms with Gasteiger partial charge in [-0.25, -0.2) is 4.39 Å². The highest BCUT2D eigenvalue weighted by Gasteiger charge is 2.24. The smallest absolute Gasteiger partial charge is 0.303 e. The Morgan fingerprint density at radius 3 is 1.90 bits per heavy atom. The molecule has 0 aliphatic rings. The van der Waals surface area contributed by atoms with Gasteiger partial charge in [0, 0.05) is 0 Å². The quantitative estimate of drug-likeness (QED) is 0.791. The van der Waals surface area contributed by atoms with Crippen LogP contribution in [-0.2, 0) is 11.2 Å². The zero-order chi connectivity index (χ0) is 16.4. The second-order valence-corrected chi connectivity index (χ2v) is 7.31. The lowest BCUT2D eigenvalue weighted by Gasteiger charge is -2.24. The molecule has 0 unspecified atom stereocenters. The Labute approximate surface area is 127 Å². The predicted molar refractivity (Wildman–Crippen MR) is 84.3 cm³/mol. The van der Waals surface area contributed by atoms with Gasteiger partial charge in [-0.05, 0) is 40.4 Å². The van der Waals surface area contributed by atoms with Gasteiger partial charge in [-0.3, -0.25) is 4.79 Å². The molecule has 0 fully saturated rings. The lowest BCUT2D eigenvalue weighted by Crippen LogP contribution is -2.20. The SMILES string of the molecule is CC(C)c1cc(CC(C)(C)CC(=O)O)cc(C(C)C)c1F. The third-order valence-corrected chi connectivity index (χ3v) is 3.75. The highest BCUT2D eigenvalue weighted by molar-refractivity contribution is 5.67. The molecular weight excluding hydrogens is 267 g/mol. The molecule has 0 saturated carbocycles. The molecule has 1 rings (SSSR count). The van der Waals surface area contributed by atoms with Crippen molar-refractivity contribution < 1.29 is 14.3 Å². The van der Waals surface area contributed by atoms with Gasteiger partial charge in [-0.2, -0.15) is 0 Å². The second-order valence-electron chi connectivity index (χ2n) is 7.31. The van der Waals surface area contributed by atoms with Crippen LogP contribution in [0.3, 0.4) is 0 Å². The molecule has 0 spiro atoms. The van der Waals surface area contributed by atoms with Crippen molar-refractivity contribution in [2.24, 2.45) is 5.41 Å². The van der Waals surface area contributed by atoms with Gasteiger partial charge in [-0.1, -0.05) is 53.7 Å². The Hall–Kier alpha value is -1.38. The van der Waals surface area contributed by atoms with Gasteiger partial charge in [0.1, 0.15) is 5.82 Å². The van der Waals surface area contributed by atoms with Gasteiger partial charge < -0.3 is 5.11 Å². The van der Waals surface area contributed by atoms with Crippen LogP contribution in [0.4, 0.5) is 4.39 Å². The Kier molecular flexibility index (Phi) is 5.54. The van der Waals surface area contributed by atoms with Crippen LogP contribution in [0.25, 0.3) is 0 Å². The second kappa shape index (κ2) is 6.59. The van der Waals surface area contributed by atoms with E-state index in [0.717, 1.165) is 16.7 Å². The van der Waals surface area contributed by atoms with Crippen molar-refractivity contribution in [2.45, 2.75) is 66.2 Å². The van der Waals surface area contributed by atoms with E-state index in [1.807, 2.05) is 53.7 Å². The van der Waals surface area contributed by atoms with E-state index in [9.17, 15) is 9.18 Å². The molecule has 0 amide bonds. The van der Waals surface area contributed by atoms with Gasteiger partial charge >= 0.3 is 5.97 Å². The standard InChI is InChI=1S/C18H27FO2/c1-11(2)14-7-13(8-15(12(3)4)17(14)19)9-18(5,6)10-16(20)21/h7-8,11-12H,9-10H2,1-6H3,(H,20,21). The van der Waals surface area contributed by atoms with Crippen molar-refractivity contribution in [3.8, 4) is 0 Å². The van der Waals surface area contributed by atoms with Gasteiger partial charge in [0.25, 0.3) is 0 Å². The normalized spacial score (nSPS) is 12.2. The van der Waals surface area contributed by atoms with E-state index in [1.165, 1.54) is 0 Å². The van der Waals surface area contributed by atoms with Gasteiger partial charge in [0.05, 0.1) is 6.42 Å². The number of carboxylic acids is 1. The predicted octanol–water partition coefficient (Wildman–Crippen LogP) is 5.12. The molecule has 0 aromatic heterocycles. The minimum atomic E-state index is -0.796.